The molecule has 0 bridgehead atoms. The Morgan fingerprint density at radius 3 is 3.07 bits per heavy atom. The summed E-state index contributed by atoms with van der Waals surface area (Å²) in [5, 5.41) is 2.94. The predicted molar refractivity (Wildman–Crippen MR) is 51.5 cm³/mol. The molecule has 78 valence electrons. The van der Waals surface area contributed by atoms with Crippen LogP contribution in [0.25, 0.3) is 10.4 Å². The zero-order valence-electron chi connectivity index (χ0n) is 7.71. The van der Waals surface area contributed by atoms with Gasteiger partial charge in [0, 0.05) is 11.1 Å². The van der Waals surface area contributed by atoms with Crippen molar-refractivity contribution in [3.8, 4) is 0 Å². The fourth-order valence-electron chi connectivity index (χ4n) is 0.750. The summed E-state index contributed by atoms with van der Waals surface area (Å²) in [5.41, 5.74) is 8.03. The van der Waals surface area contributed by atoms with Crippen molar-refractivity contribution in [3.63, 3.8) is 0 Å². The van der Waals surface area contributed by atoms with E-state index in [-0.39, 0.29) is 16.5 Å². The third kappa shape index (κ3) is 2.76. The SMILES string of the molecule is CCOC(=O)c1ncc(C(=O)N=[N+]=[N-])s1. The van der Waals surface area contributed by atoms with E-state index in [0.29, 0.717) is 0 Å². The van der Waals surface area contributed by atoms with Gasteiger partial charge < -0.3 is 4.74 Å². The van der Waals surface area contributed by atoms with E-state index >= 15 is 0 Å². The first kappa shape index (κ1) is 11.2. The summed E-state index contributed by atoms with van der Waals surface area (Å²) < 4.78 is 4.68. The Morgan fingerprint density at radius 2 is 2.47 bits per heavy atom. The third-order valence-corrected chi connectivity index (χ3v) is 2.27. The monoisotopic (exact) mass is 226 g/mol. The quantitative estimate of drug-likeness (QED) is 0.339. The van der Waals surface area contributed by atoms with Crippen molar-refractivity contribution in [1.82, 2.24) is 4.98 Å². The number of ether oxygens (including phenoxy) is 1. The van der Waals surface area contributed by atoms with Crippen molar-refractivity contribution in [2.75, 3.05) is 6.61 Å². The molecule has 1 aromatic heterocycles. The van der Waals surface area contributed by atoms with Gasteiger partial charge in [0.05, 0.1) is 11.5 Å². The second-order valence-electron chi connectivity index (χ2n) is 2.24. The highest BCUT2D eigenvalue weighted by Gasteiger charge is 2.14. The van der Waals surface area contributed by atoms with Crippen LogP contribution in [0.4, 0.5) is 0 Å². The number of hydrogen-bond acceptors (Lipinski definition) is 5. The molecule has 0 saturated carbocycles. The highest BCUT2D eigenvalue weighted by Crippen LogP contribution is 2.15. The molecule has 0 atom stereocenters. The first-order valence-electron chi connectivity index (χ1n) is 3.91. The lowest BCUT2D eigenvalue weighted by atomic mass is 10.5. The minimum absolute atomic E-state index is 0.0633. The Bertz CT molecular complexity index is 435. The molecule has 1 aromatic rings. The number of hydrogen-bond donors (Lipinski definition) is 0. The first-order valence-corrected chi connectivity index (χ1v) is 4.73. The standard InChI is InChI=1S/C7H6N4O3S/c1-2-14-7(13)6-9-3-4(15-6)5(12)10-11-8/h3H,2H2,1H3. The van der Waals surface area contributed by atoms with Crippen LogP contribution < -0.4 is 0 Å². The van der Waals surface area contributed by atoms with Gasteiger partial charge in [-0.1, -0.05) is 0 Å². The molecule has 1 rings (SSSR count). The molecular weight excluding hydrogens is 220 g/mol. The lowest BCUT2D eigenvalue weighted by molar-refractivity contribution is 0.0526. The lowest BCUT2D eigenvalue weighted by Crippen LogP contribution is -2.03. The minimum atomic E-state index is -0.759. The fourth-order valence-corrected chi connectivity index (χ4v) is 1.44. The summed E-state index contributed by atoms with van der Waals surface area (Å²) in [7, 11) is 0. The van der Waals surface area contributed by atoms with E-state index in [2.05, 4.69) is 19.7 Å². The summed E-state index contributed by atoms with van der Waals surface area (Å²) in [6.45, 7) is 1.90. The van der Waals surface area contributed by atoms with Gasteiger partial charge in [-0.3, -0.25) is 4.79 Å². The summed E-state index contributed by atoms with van der Waals surface area (Å²) in [5.74, 6) is -1.35. The zero-order chi connectivity index (χ0) is 11.3. The number of amides is 1. The molecule has 0 aliphatic carbocycles. The molecule has 1 amide bonds. The van der Waals surface area contributed by atoms with Crippen molar-refractivity contribution < 1.29 is 14.3 Å². The Balaban J connectivity index is 2.84. The maximum absolute atomic E-state index is 11.1. The van der Waals surface area contributed by atoms with Crippen LogP contribution in [0.15, 0.2) is 11.3 Å². The second-order valence-corrected chi connectivity index (χ2v) is 3.28. The van der Waals surface area contributed by atoms with Gasteiger partial charge in [-0.25, -0.2) is 9.78 Å². The van der Waals surface area contributed by atoms with Gasteiger partial charge >= 0.3 is 5.97 Å². The summed E-state index contributed by atoms with van der Waals surface area (Å²) in [6.07, 6.45) is 1.17. The summed E-state index contributed by atoms with van der Waals surface area (Å²) in [6, 6.07) is 0. The van der Waals surface area contributed by atoms with Crippen molar-refractivity contribution in [3.05, 3.63) is 26.5 Å². The van der Waals surface area contributed by atoms with Crippen LogP contribution in [0, 0.1) is 0 Å². The summed E-state index contributed by atoms with van der Waals surface area (Å²) >= 11 is 0.829. The summed E-state index contributed by atoms with van der Waals surface area (Å²) in [4.78, 5) is 28.3. The van der Waals surface area contributed by atoms with E-state index < -0.39 is 11.9 Å². The number of aromatic nitrogens is 1. The number of carbonyl (C=O) groups is 2. The number of thiazole rings is 1. The van der Waals surface area contributed by atoms with E-state index in [1.807, 2.05) is 0 Å². The Morgan fingerprint density at radius 1 is 1.73 bits per heavy atom. The molecule has 0 N–H and O–H groups in total. The molecule has 0 radical (unpaired) electrons. The zero-order valence-corrected chi connectivity index (χ0v) is 8.52. The second kappa shape index (κ2) is 5.08. The number of nitrogens with zero attached hydrogens (tertiary/aromatic N) is 4. The first-order chi connectivity index (χ1) is 7.19. The van der Waals surface area contributed by atoms with E-state index in [1.54, 1.807) is 6.92 Å². The van der Waals surface area contributed by atoms with E-state index in [4.69, 9.17) is 5.53 Å². The number of azide groups is 1. The van der Waals surface area contributed by atoms with Crippen molar-refractivity contribution in [1.29, 1.82) is 0 Å². The number of rotatable bonds is 3. The maximum Gasteiger partial charge on any atom is 0.367 e. The van der Waals surface area contributed by atoms with Gasteiger partial charge in [-0.15, -0.1) is 11.3 Å². The van der Waals surface area contributed by atoms with Gasteiger partial charge in [0.25, 0.3) is 5.91 Å². The molecule has 0 aliphatic rings. The lowest BCUT2D eigenvalue weighted by Gasteiger charge is -1.94. The maximum atomic E-state index is 11.1. The van der Waals surface area contributed by atoms with E-state index in [0.717, 1.165) is 11.3 Å². The van der Waals surface area contributed by atoms with Crippen LogP contribution in [-0.4, -0.2) is 23.5 Å². The molecule has 1 heterocycles. The van der Waals surface area contributed by atoms with Crippen LogP contribution in [-0.2, 0) is 4.74 Å². The van der Waals surface area contributed by atoms with Crippen molar-refractivity contribution in [2.24, 2.45) is 5.11 Å². The van der Waals surface area contributed by atoms with Crippen LogP contribution in [0.2, 0.25) is 0 Å². The van der Waals surface area contributed by atoms with Crippen molar-refractivity contribution in [2.45, 2.75) is 6.92 Å². The van der Waals surface area contributed by atoms with Crippen LogP contribution >= 0.6 is 11.3 Å². The van der Waals surface area contributed by atoms with Crippen LogP contribution in [0.3, 0.4) is 0 Å². The highest BCUT2D eigenvalue weighted by molar-refractivity contribution is 7.15. The van der Waals surface area contributed by atoms with Crippen LogP contribution in [0.1, 0.15) is 26.4 Å². The Kier molecular flexibility index (Phi) is 3.78. The van der Waals surface area contributed by atoms with E-state index in [9.17, 15) is 9.59 Å². The third-order valence-electron chi connectivity index (χ3n) is 1.30. The molecule has 15 heavy (non-hydrogen) atoms. The molecular formula is C7H6N4O3S. The van der Waals surface area contributed by atoms with Crippen LogP contribution in [0.5, 0.6) is 0 Å². The molecule has 0 unspecified atom stereocenters. The topological polar surface area (TPSA) is 105 Å². The molecule has 7 nitrogen and oxygen atoms in total. The van der Waals surface area contributed by atoms with Gasteiger partial charge in [0.1, 0.15) is 0 Å². The molecule has 0 fully saturated rings. The van der Waals surface area contributed by atoms with Crippen molar-refractivity contribution >= 4 is 23.2 Å². The van der Waals surface area contributed by atoms with Gasteiger partial charge in [-0.2, -0.15) is 0 Å². The molecule has 8 heteroatoms. The fraction of sp³-hybridized carbons (Fsp3) is 0.286. The molecule has 0 aromatic carbocycles. The Hall–Kier alpha value is -1.92. The minimum Gasteiger partial charge on any atom is -0.461 e. The van der Waals surface area contributed by atoms with E-state index in [1.165, 1.54) is 6.20 Å². The largest absolute Gasteiger partial charge is 0.461 e. The normalized spacial score (nSPS) is 9.13. The van der Waals surface area contributed by atoms with Gasteiger partial charge in [0.15, 0.2) is 0 Å². The molecule has 0 aliphatic heterocycles. The van der Waals surface area contributed by atoms with Gasteiger partial charge in [0.2, 0.25) is 5.01 Å². The highest BCUT2D eigenvalue weighted by atomic mass is 32.1. The number of carbonyl (C=O) groups excluding carboxylic acids is 2. The molecule has 0 spiro atoms. The molecule has 0 saturated heterocycles. The predicted octanol–water partition coefficient (Wildman–Crippen LogP) is 1.77. The number of esters is 1. The Labute approximate surface area is 88.3 Å². The average Bonchev–Trinajstić information content (AvgIpc) is 2.67. The average molecular weight is 226 g/mol. The van der Waals surface area contributed by atoms with Gasteiger partial charge in [-0.05, 0) is 17.6 Å². The smallest absolute Gasteiger partial charge is 0.367 e.